The summed E-state index contributed by atoms with van der Waals surface area (Å²) in [4.78, 5) is 13.8. The summed E-state index contributed by atoms with van der Waals surface area (Å²) in [5, 5.41) is 0. The lowest BCUT2D eigenvalue weighted by Crippen LogP contribution is -2.18. The minimum atomic E-state index is -0.349. The molecule has 0 saturated carbocycles. The van der Waals surface area contributed by atoms with E-state index in [1.165, 1.54) is 0 Å². The summed E-state index contributed by atoms with van der Waals surface area (Å²) in [6.07, 6.45) is 0. The molecule has 4 nitrogen and oxygen atoms in total. The molecule has 0 atom stereocenters. The molecule has 0 aliphatic rings. The van der Waals surface area contributed by atoms with Crippen LogP contribution in [0.1, 0.15) is 24.2 Å². The molecule has 0 bridgehead atoms. The lowest BCUT2D eigenvalue weighted by molar-refractivity contribution is 0.0526. The quantitative estimate of drug-likeness (QED) is 0.673. The van der Waals surface area contributed by atoms with Crippen LogP contribution in [0, 0.1) is 0 Å². The molecular weight excluding hydrogens is 264 g/mol. The molecule has 2 rings (SSSR count). The Balaban J connectivity index is 2.33. The molecule has 110 valence electrons. The Bertz CT molecular complexity index is 611. The van der Waals surface area contributed by atoms with Crippen molar-refractivity contribution in [3.8, 4) is 0 Å². The third kappa shape index (κ3) is 3.34. The largest absolute Gasteiger partial charge is 0.462 e. The maximum absolute atomic E-state index is 11.7. The van der Waals surface area contributed by atoms with E-state index < -0.39 is 0 Å². The van der Waals surface area contributed by atoms with E-state index in [9.17, 15) is 4.79 Å². The monoisotopic (exact) mass is 284 g/mol. The molecule has 0 aliphatic carbocycles. The van der Waals surface area contributed by atoms with E-state index in [0.29, 0.717) is 17.9 Å². The second-order valence-corrected chi connectivity index (χ2v) is 4.57. The fourth-order valence-corrected chi connectivity index (χ4v) is 2.24. The van der Waals surface area contributed by atoms with Crippen molar-refractivity contribution < 1.29 is 9.53 Å². The Hall–Kier alpha value is -2.49. The summed E-state index contributed by atoms with van der Waals surface area (Å²) in [5.41, 5.74) is 9.11. The molecule has 0 radical (unpaired) electrons. The first-order valence-electron chi connectivity index (χ1n) is 7.06. The number of benzene rings is 2. The Morgan fingerprint density at radius 2 is 1.86 bits per heavy atom. The molecule has 0 aromatic heterocycles. The fraction of sp³-hybridized carbons (Fsp3) is 0.235. The number of hydrogen-bond acceptors (Lipinski definition) is 4. The van der Waals surface area contributed by atoms with Gasteiger partial charge < -0.3 is 15.4 Å². The molecule has 0 heterocycles. The van der Waals surface area contributed by atoms with E-state index in [1.54, 1.807) is 19.1 Å². The average Bonchev–Trinajstić information content (AvgIpc) is 2.51. The average molecular weight is 284 g/mol. The predicted molar refractivity (Wildman–Crippen MR) is 85.9 cm³/mol. The maximum atomic E-state index is 11.7. The number of nitrogens with zero attached hydrogens (tertiary/aromatic N) is 1. The van der Waals surface area contributed by atoms with Crippen LogP contribution in [0.25, 0.3) is 0 Å². The number of carbonyl (C=O) groups is 1. The highest BCUT2D eigenvalue weighted by atomic mass is 16.5. The number of para-hydroxylation sites is 1. The Morgan fingerprint density at radius 3 is 2.43 bits per heavy atom. The van der Waals surface area contributed by atoms with Crippen LogP contribution >= 0.6 is 0 Å². The van der Waals surface area contributed by atoms with Crippen molar-refractivity contribution in [3.63, 3.8) is 0 Å². The molecule has 0 amide bonds. The SMILES string of the molecule is CCOC(=O)c1ccc(N(CC)c2ccccc2)c(N)c1. The van der Waals surface area contributed by atoms with Gasteiger partial charge >= 0.3 is 5.97 Å². The van der Waals surface area contributed by atoms with Crippen molar-refractivity contribution in [2.45, 2.75) is 13.8 Å². The number of nitrogen functional groups attached to an aromatic ring is 1. The summed E-state index contributed by atoms with van der Waals surface area (Å²) in [6.45, 7) is 4.98. The van der Waals surface area contributed by atoms with Crippen molar-refractivity contribution in [2.24, 2.45) is 0 Å². The van der Waals surface area contributed by atoms with Gasteiger partial charge in [-0.1, -0.05) is 18.2 Å². The number of anilines is 3. The third-order valence-corrected chi connectivity index (χ3v) is 3.21. The molecule has 0 spiro atoms. The molecule has 21 heavy (non-hydrogen) atoms. The number of esters is 1. The first-order chi connectivity index (χ1) is 10.2. The van der Waals surface area contributed by atoms with Crippen LogP contribution in [-0.4, -0.2) is 19.1 Å². The standard InChI is InChI=1S/C17H20N2O2/c1-3-19(14-8-6-5-7-9-14)16-11-10-13(12-15(16)18)17(20)21-4-2/h5-12H,3-4,18H2,1-2H3. The van der Waals surface area contributed by atoms with E-state index >= 15 is 0 Å². The summed E-state index contributed by atoms with van der Waals surface area (Å²) >= 11 is 0. The van der Waals surface area contributed by atoms with Crippen LogP contribution in [0.15, 0.2) is 48.5 Å². The second kappa shape index (κ2) is 6.79. The summed E-state index contributed by atoms with van der Waals surface area (Å²) in [5.74, 6) is -0.349. The van der Waals surface area contributed by atoms with E-state index in [2.05, 4.69) is 11.8 Å². The topological polar surface area (TPSA) is 55.6 Å². The van der Waals surface area contributed by atoms with Gasteiger partial charge in [-0.2, -0.15) is 0 Å². The summed E-state index contributed by atoms with van der Waals surface area (Å²) in [7, 11) is 0. The molecule has 0 fully saturated rings. The number of nitrogens with two attached hydrogens (primary N) is 1. The van der Waals surface area contributed by atoms with Gasteiger partial charge in [0, 0.05) is 12.2 Å². The molecule has 2 aromatic carbocycles. The molecule has 0 saturated heterocycles. The van der Waals surface area contributed by atoms with Crippen LogP contribution in [0.4, 0.5) is 17.1 Å². The van der Waals surface area contributed by atoms with Gasteiger partial charge in [0.05, 0.1) is 23.5 Å². The minimum absolute atomic E-state index is 0.349. The Morgan fingerprint density at radius 1 is 1.14 bits per heavy atom. The summed E-state index contributed by atoms with van der Waals surface area (Å²) in [6, 6.07) is 15.3. The number of carbonyl (C=O) groups excluding carboxylic acids is 1. The van der Waals surface area contributed by atoms with Crippen LogP contribution < -0.4 is 10.6 Å². The van der Waals surface area contributed by atoms with E-state index in [0.717, 1.165) is 17.9 Å². The van der Waals surface area contributed by atoms with Gasteiger partial charge in [0.2, 0.25) is 0 Å². The van der Waals surface area contributed by atoms with Gasteiger partial charge in [-0.05, 0) is 44.2 Å². The van der Waals surface area contributed by atoms with Gasteiger partial charge in [0.1, 0.15) is 0 Å². The molecule has 2 N–H and O–H groups in total. The number of hydrogen-bond donors (Lipinski definition) is 1. The van der Waals surface area contributed by atoms with Crippen LogP contribution in [-0.2, 0) is 4.74 Å². The maximum Gasteiger partial charge on any atom is 0.338 e. The highest BCUT2D eigenvalue weighted by molar-refractivity contribution is 5.92. The molecule has 2 aromatic rings. The van der Waals surface area contributed by atoms with E-state index in [1.807, 2.05) is 36.4 Å². The highest BCUT2D eigenvalue weighted by Gasteiger charge is 2.13. The Labute approximate surface area is 125 Å². The lowest BCUT2D eigenvalue weighted by Gasteiger charge is -2.25. The first kappa shape index (κ1) is 14.9. The smallest absolute Gasteiger partial charge is 0.338 e. The van der Waals surface area contributed by atoms with Crippen molar-refractivity contribution in [2.75, 3.05) is 23.8 Å². The minimum Gasteiger partial charge on any atom is -0.462 e. The van der Waals surface area contributed by atoms with Crippen molar-refractivity contribution in [1.82, 2.24) is 0 Å². The van der Waals surface area contributed by atoms with Crippen molar-refractivity contribution >= 4 is 23.0 Å². The van der Waals surface area contributed by atoms with Crippen LogP contribution in [0.2, 0.25) is 0 Å². The van der Waals surface area contributed by atoms with E-state index in [4.69, 9.17) is 10.5 Å². The van der Waals surface area contributed by atoms with Crippen molar-refractivity contribution in [1.29, 1.82) is 0 Å². The van der Waals surface area contributed by atoms with Crippen LogP contribution in [0.3, 0.4) is 0 Å². The zero-order valence-corrected chi connectivity index (χ0v) is 12.4. The van der Waals surface area contributed by atoms with Gasteiger partial charge in [-0.15, -0.1) is 0 Å². The van der Waals surface area contributed by atoms with E-state index in [-0.39, 0.29) is 5.97 Å². The van der Waals surface area contributed by atoms with Gasteiger partial charge in [0.25, 0.3) is 0 Å². The lowest BCUT2D eigenvalue weighted by atomic mass is 10.1. The van der Waals surface area contributed by atoms with Gasteiger partial charge in [0.15, 0.2) is 0 Å². The van der Waals surface area contributed by atoms with Gasteiger partial charge in [-0.3, -0.25) is 0 Å². The Kier molecular flexibility index (Phi) is 4.82. The molecular formula is C17H20N2O2. The molecule has 4 heteroatoms. The van der Waals surface area contributed by atoms with Crippen molar-refractivity contribution in [3.05, 3.63) is 54.1 Å². The predicted octanol–water partition coefficient (Wildman–Crippen LogP) is 3.60. The zero-order chi connectivity index (χ0) is 15.2. The third-order valence-electron chi connectivity index (χ3n) is 3.21. The summed E-state index contributed by atoms with van der Waals surface area (Å²) < 4.78 is 4.99. The van der Waals surface area contributed by atoms with Gasteiger partial charge in [-0.25, -0.2) is 4.79 Å². The second-order valence-electron chi connectivity index (χ2n) is 4.57. The highest BCUT2D eigenvalue weighted by Crippen LogP contribution is 2.30. The number of ether oxygens (including phenoxy) is 1. The van der Waals surface area contributed by atoms with Crippen LogP contribution in [0.5, 0.6) is 0 Å². The fourth-order valence-electron chi connectivity index (χ4n) is 2.24. The normalized spacial score (nSPS) is 10.2. The first-order valence-corrected chi connectivity index (χ1v) is 7.06. The molecule has 0 unspecified atom stereocenters. The number of rotatable bonds is 5. The molecule has 0 aliphatic heterocycles. The zero-order valence-electron chi connectivity index (χ0n) is 12.4.